The van der Waals surface area contributed by atoms with Gasteiger partial charge in [0.15, 0.2) is 11.5 Å². The molecule has 1 aromatic rings. The lowest BCUT2D eigenvalue weighted by Gasteiger charge is -2.24. The maximum absolute atomic E-state index is 12.7. The molecule has 28 heavy (non-hydrogen) atoms. The second kappa shape index (κ2) is 8.50. The van der Waals surface area contributed by atoms with Crippen LogP contribution in [-0.2, 0) is 20.8 Å². The molecular weight excluding hydrogens is 364 g/mol. The molecule has 0 aromatic heterocycles. The molecule has 3 rings (SSSR count). The third-order valence-corrected chi connectivity index (χ3v) is 5.50. The first-order valence-corrected chi connectivity index (χ1v) is 9.46. The summed E-state index contributed by atoms with van der Waals surface area (Å²) in [4.78, 5) is 39.5. The quantitative estimate of drug-likeness (QED) is 0.751. The second-order valence-electron chi connectivity index (χ2n) is 7.21. The van der Waals surface area contributed by atoms with E-state index in [9.17, 15) is 19.5 Å². The Morgan fingerprint density at radius 1 is 1.21 bits per heavy atom. The van der Waals surface area contributed by atoms with Crippen molar-refractivity contribution in [3.63, 3.8) is 0 Å². The Morgan fingerprint density at radius 3 is 2.64 bits per heavy atom. The topological polar surface area (TPSA) is 96.4 Å². The van der Waals surface area contributed by atoms with Crippen molar-refractivity contribution < 1.29 is 29.0 Å². The van der Waals surface area contributed by atoms with Gasteiger partial charge < -0.3 is 24.4 Å². The Bertz CT molecular complexity index is 765. The SMILES string of the molecule is COc1ccc(CCN2CC(C(=O)N3CCC[C@@H]3C(=O)O)CC2=O)cc1OC. The average molecular weight is 390 g/mol. The van der Waals surface area contributed by atoms with Crippen LogP contribution >= 0.6 is 0 Å². The van der Waals surface area contributed by atoms with Gasteiger partial charge in [0.05, 0.1) is 20.1 Å². The maximum Gasteiger partial charge on any atom is 0.326 e. The summed E-state index contributed by atoms with van der Waals surface area (Å²) >= 11 is 0. The van der Waals surface area contributed by atoms with Crippen LogP contribution in [0, 0.1) is 5.92 Å². The monoisotopic (exact) mass is 390 g/mol. The molecule has 2 aliphatic heterocycles. The smallest absolute Gasteiger partial charge is 0.326 e. The van der Waals surface area contributed by atoms with E-state index in [-0.39, 0.29) is 18.2 Å². The molecule has 2 heterocycles. The molecule has 1 unspecified atom stereocenters. The van der Waals surface area contributed by atoms with Crippen LogP contribution in [-0.4, -0.2) is 72.6 Å². The Hall–Kier alpha value is -2.77. The minimum atomic E-state index is -0.972. The fourth-order valence-electron chi connectivity index (χ4n) is 3.98. The summed E-state index contributed by atoms with van der Waals surface area (Å²) in [6, 6.07) is 4.87. The number of carboxylic acids is 1. The number of hydrogen-bond acceptors (Lipinski definition) is 5. The van der Waals surface area contributed by atoms with Crippen LogP contribution in [0.25, 0.3) is 0 Å². The number of rotatable bonds is 7. The lowest BCUT2D eigenvalue weighted by Crippen LogP contribution is -2.44. The van der Waals surface area contributed by atoms with Crippen molar-refractivity contribution in [1.82, 2.24) is 9.80 Å². The van der Waals surface area contributed by atoms with Crippen molar-refractivity contribution in [1.29, 1.82) is 0 Å². The summed E-state index contributed by atoms with van der Waals surface area (Å²) in [5.41, 5.74) is 1.01. The van der Waals surface area contributed by atoms with Crippen LogP contribution in [0.1, 0.15) is 24.8 Å². The fraction of sp³-hybridized carbons (Fsp3) is 0.550. The maximum atomic E-state index is 12.7. The van der Waals surface area contributed by atoms with Crippen LogP contribution < -0.4 is 9.47 Å². The van der Waals surface area contributed by atoms with E-state index >= 15 is 0 Å². The molecule has 0 radical (unpaired) electrons. The number of amides is 2. The Morgan fingerprint density at radius 2 is 1.96 bits per heavy atom. The van der Waals surface area contributed by atoms with Gasteiger partial charge in [-0.15, -0.1) is 0 Å². The zero-order chi connectivity index (χ0) is 20.3. The van der Waals surface area contributed by atoms with Crippen molar-refractivity contribution in [2.75, 3.05) is 33.9 Å². The van der Waals surface area contributed by atoms with Gasteiger partial charge in [0.2, 0.25) is 11.8 Å². The van der Waals surface area contributed by atoms with E-state index in [1.807, 2.05) is 18.2 Å². The van der Waals surface area contributed by atoms with E-state index in [0.29, 0.717) is 50.4 Å². The highest BCUT2D eigenvalue weighted by molar-refractivity contribution is 5.91. The molecule has 2 amide bonds. The summed E-state index contributed by atoms with van der Waals surface area (Å²) in [5.74, 6) is -0.433. The van der Waals surface area contributed by atoms with E-state index in [1.54, 1.807) is 19.1 Å². The highest BCUT2D eigenvalue weighted by atomic mass is 16.5. The summed E-state index contributed by atoms with van der Waals surface area (Å²) in [7, 11) is 3.15. The van der Waals surface area contributed by atoms with E-state index in [2.05, 4.69) is 0 Å². The summed E-state index contributed by atoms with van der Waals surface area (Å²) in [5, 5.41) is 9.28. The van der Waals surface area contributed by atoms with E-state index < -0.39 is 17.9 Å². The van der Waals surface area contributed by atoms with Crippen LogP contribution in [0.5, 0.6) is 11.5 Å². The zero-order valence-electron chi connectivity index (χ0n) is 16.2. The molecule has 2 fully saturated rings. The number of nitrogens with zero attached hydrogens (tertiary/aromatic N) is 2. The van der Waals surface area contributed by atoms with Gasteiger partial charge in [-0.2, -0.15) is 0 Å². The Labute approximate surface area is 164 Å². The van der Waals surface area contributed by atoms with Crippen molar-refractivity contribution >= 4 is 17.8 Å². The summed E-state index contributed by atoms with van der Waals surface area (Å²) in [6.07, 6.45) is 1.94. The molecular formula is C20H26N2O6. The van der Waals surface area contributed by atoms with Gasteiger partial charge in [-0.1, -0.05) is 6.07 Å². The number of hydrogen-bond donors (Lipinski definition) is 1. The van der Waals surface area contributed by atoms with Crippen LogP contribution in [0.15, 0.2) is 18.2 Å². The van der Waals surface area contributed by atoms with Gasteiger partial charge in [-0.3, -0.25) is 9.59 Å². The highest BCUT2D eigenvalue weighted by Gasteiger charge is 2.41. The number of carboxylic acid groups (broad SMARTS) is 1. The minimum absolute atomic E-state index is 0.0649. The Kier molecular flexibility index (Phi) is 6.06. The predicted octanol–water partition coefficient (Wildman–Crippen LogP) is 1.17. The number of aliphatic carboxylic acids is 1. The first-order chi connectivity index (χ1) is 13.4. The Balaban J connectivity index is 1.59. The fourth-order valence-corrected chi connectivity index (χ4v) is 3.98. The molecule has 2 aliphatic rings. The molecule has 0 aliphatic carbocycles. The standard InChI is InChI=1S/C20H26N2O6/c1-27-16-6-5-13(10-17(16)28-2)7-9-21-12-14(11-18(21)23)19(24)22-8-3-4-15(22)20(25)26/h5-6,10,14-15H,3-4,7-9,11-12H2,1-2H3,(H,25,26)/t14?,15-/m1/s1. The van der Waals surface area contributed by atoms with Crippen molar-refractivity contribution in [3.8, 4) is 11.5 Å². The van der Waals surface area contributed by atoms with E-state index in [4.69, 9.17) is 9.47 Å². The largest absolute Gasteiger partial charge is 0.493 e. The van der Waals surface area contributed by atoms with Gasteiger partial charge in [-0.05, 0) is 37.0 Å². The second-order valence-corrected chi connectivity index (χ2v) is 7.21. The minimum Gasteiger partial charge on any atom is -0.493 e. The van der Waals surface area contributed by atoms with Crippen molar-refractivity contribution in [2.45, 2.75) is 31.7 Å². The molecule has 8 heteroatoms. The normalized spacial score (nSPS) is 21.9. The first kappa shape index (κ1) is 20.0. The van der Waals surface area contributed by atoms with Crippen LogP contribution in [0.2, 0.25) is 0 Å². The van der Waals surface area contributed by atoms with Gasteiger partial charge >= 0.3 is 5.97 Å². The van der Waals surface area contributed by atoms with Crippen molar-refractivity contribution in [3.05, 3.63) is 23.8 Å². The van der Waals surface area contributed by atoms with E-state index in [1.165, 1.54) is 4.90 Å². The van der Waals surface area contributed by atoms with Gasteiger partial charge in [0, 0.05) is 26.1 Å². The molecule has 1 N–H and O–H groups in total. The number of carbonyl (C=O) groups excluding carboxylic acids is 2. The van der Waals surface area contributed by atoms with Gasteiger partial charge in [0.25, 0.3) is 0 Å². The molecule has 2 saturated heterocycles. The number of likely N-dealkylation sites (tertiary alicyclic amines) is 2. The van der Waals surface area contributed by atoms with Gasteiger partial charge in [-0.25, -0.2) is 4.79 Å². The predicted molar refractivity (Wildman–Crippen MR) is 100 cm³/mol. The van der Waals surface area contributed by atoms with Gasteiger partial charge in [0.1, 0.15) is 6.04 Å². The average Bonchev–Trinajstić information content (AvgIpc) is 3.32. The van der Waals surface area contributed by atoms with Crippen LogP contribution in [0.3, 0.4) is 0 Å². The first-order valence-electron chi connectivity index (χ1n) is 9.46. The molecule has 152 valence electrons. The molecule has 1 aromatic carbocycles. The molecule has 0 saturated carbocycles. The number of carbonyl (C=O) groups is 3. The third-order valence-electron chi connectivity index (χ3n) is 5.50. The van der Waals surface area contributed by atoms with Crippen molar-refractivity contribution in [2.24, 2.45) is 5.92 Å². The van der Waals surface area contributed by atoms with Crippen LogP contribution in [0.4, 0.5) is 0 Å². The zero-order valence-corrected chi connectivity index (χ0v) is 16.2. The lowest BCUT2D eigenvalue weighted by atomic mass is 10.1. The molecule has 0 spiro atoms. The number of ether oxygens (including phenoxy) is 2. The summed E-state index contributed by atoms with van der Waals surface area (Å²) in [6.45, 7) is 1.29. The molecule has 8 nitrogen and oxygen atoms in total. The lowest BCUT2D eigenvalue weighted by molar-refractivity contribution is -0.149. The number of benzene rings is 1. The highest BCUT2D eigenvalue weighted by Crippen LogP contribution is 2.29. The third kappa shape index (κ3) is 4.05. The van der Waals surface area contributed by atoms with E-state index in [0.717, 1.165) is 5.56 Å². The molecule has 2 atom stereocenters. The number of methoxy groups -OCH3 is 2. The molecule has 0 bridgehead atoms. The summed E-state index contributed by atoms with van der Waals surface area (Å²) < 4.78 is 10.5.